The van der Waals surface area contributed by atoms with Gasteiger partial charge in [-0.05, 0) is 24.1 Å². The van der Waals surface area contributed by atoms with Crippen LogP contribution in [0, 0.1) is 6.92 Å². The summed E-state index contributed by atoms with van der Waals surface area (Å²) in [7, 11) is 0. The van der Waals surface area contributed by atoms with Crippen molar-refractivity contribution >= 4 is 23.3 Å². The summed E-state index contributed by atoms with van der Waals surface area (Å²) in [5.41, 5.74) is 3.81. The van der Waals surface area contributed by atoms with E-state index in [1.54, 1.807) is 16.9 Å². The molecule has 0 spiro atoms. The average molecular weight is 360 g/mol. The molecule has 2 N–H and O–H groups in total. The molecule has 136 valence electrons. The van der Waals surface area contributed by atoms with Gasteiger partial charge in [0.2, 0.25) is 11.8 Å². The van der Waals surface area contributed by atoms with Crippen LogP contribution in [0.25, 0.3) is 0 Å². The van der Waals surface area contributed by atoms with Crippen LogP contribution in [0.5, 0.6) is 0 Å². The number of para-hydroxylation sites is 1. The summed E-state index contributed by atoms with van der Waals surface area (Å²) in [6, 6.07) is 17.3. The number of benzene rings is 2. The maximum absolute atomic E-state index is 12.9. The van der Waals surface area contributed by atoms with Gasteiger partial charge in [0.05, 0.1) is 18.7 Å². The molecule has 0 saturated carbocycles. The highest BCUT2D eigenvalue weighted by Gasteiger charge is 2.30. The van der Waals surface area contributed by atoms with Crippen molar-refractivity contribution < 1.29 is 9.59 Å². The van der Waals surface area contributed by atoms with Crippen molar-refractivity contribution in [1.29, 1.82) is 0 Å². The van der Waals surface area contributed by atoms with E-state index in [0.717, 1.165) is 11.1 Å². The third-order valence-corrected chi connectivity index (χ3v) is 4.70. The van der Waals surface area contributed by atoms with Crippen LogP contribution in [0.2, 0.25) is 0 Å². The molecule has 1 atom stereocenters. The Labute approximate surface area is 157 Å². The van der Waals surface area contributed by atoms with Gasteiger partial charge in [-0.25, -0.2) is 4.68 Å². The number of carbonyl (C=O) groups is 2. The summed E-state index contributed by atoms with van der Waals surface area (Å²) in [4.78, 5) is 24.9. The lowest BCUT2D eigenvalue weighted by atomic mass is 9.90. The van der Waals surface area contributed by atoms with Crippen molar-refractivity contribution in [2.75, 3.05) is 10.6 Å². The molecule has 0 aliphatic carbocycles. The second-order valence-corrected chi connectivity index (χ2v) is 6.74. The molecule has 0 fully saturated rings. The van der Waals surface area contributed by atoms with Gasteiger partial charge in [-0.1, -0.05) is 48.0 Å². The van der Waals surface area contributed by atoms with Crippen molar-refractivity contribution in [2.45, 2.75) is 25.8 Å². The maximum Gasteiger partial charge on any atom is 0.233 e. The van der Waals surface area contributed by atoms with Gasteiger partial charge < -0.3 is 10.6 Å². The van der Waals surface area contributed by atoms with E-state index >= 15 is 0 Å². The Bertz CT molecular complexity index is 1010. The number of anilines is 2. The van der Waals surface area contributed by atoms with E-state index in [0.29, 0.717) is 18.1 Å². The number of carbonyl (C=O) groups excluding carboxylic acids is 2. The third kappa shape index (κ3) is 3.60. The molecule has 3 aromatic rings. The van der Waals surface area contributed by atoms with Crippen LogP contribution in [0.1, 0.15) is 29.0 Å². The molecule has 6 heteroatoms. The van der Waals surface area contributed by atoms with Crippen molar-refractivity contribution in [1.82, 2.24) is 9.78 Å². The summed E-state index contributed by atoms with van der Waals surface area (Å²) >= 11 is 0. The van der Waals surface area contributed by atoms with Crippen LogP contribution >= 0.6 is 0 Å². The lowest BCUT2D eigenvalue weighted by Crippen LogP contribution is -2.31. The summed E-state index contributed by atoms with van der Waals surface area (Å²) in [5.74, 6) is -0.257. The normalized spacial score (nSPS) is 15.7. The second-order valence-electron chi connectivity index (χ2n) is 6.74. The van der Waals surface area contributed by atoms with E-state index < -0.39 is 5.92 Å². The number of aryl methyl sites for hydroxylation is 1. The van der Waals surface area contributed by atoms with Gasteiger partial charge in [0.1, 0.15) is 5.82 Å². The minimum absolute atomic E-state index is 0.134. The van der Waals surface area contributed by atoms with E-state index in [4.69, 9.17) is 0 Å². The molecule has 2 heterocycles. The highest BCUT2D eigenvalue weighted by molar-refractivity contribution is 6.04. The van der Waals surface area contributed by atoms with Crippen molar-refractivity contribution in [3.05, 3.63) is 77.5 Å². The highest BCUT2D eigenvalue weighted by atomic mass is 16.2. The summed E-state index contributed by atoms with van der Waals surface area (Å²) < 4.78 is 1.75. The molecule has 0 saturated heterocycles. The fourth-order valence-electron chi connectivity index (χ4n) is 3.41. The third-order valence-electron chi connectivity index (χ3n) is 4.70. The summed E-state index contributed by atoms with van der Waals surface area (Å²) in [6.45, 7) is 2.60. The molecule has 1 aromatic heterocycles. The van der Waals surface area contributed by atoms with E-state index in [1.807, 2.05) is 49.4 Å². The van der Waals surface area contributed by atoms with Gasteiger partial charge in [0.25, 0.3) is 0 Å². The first-order chi connectivity index (χ1) is 13.1. The molecule has 2 amide bonds. The molecular weight excluding hydrogens is 340 g/mol. The van der Waals surface area contributed by atoms with Gasteiger partial charge in [0.15, 0.2) is 0 Å². The maximum atomic E-state index is 12.9. The van der Waals surface area contributed by atoms with Crippen molar-refractivity contribution in [3.8, 4) is 0 Å². The van der Waals surface area contributed by atoms with E-state index in [-0.39, 0.29) is 18.2 Å². The molecule has 0 radical (unpaired) electrons. The molecule has 2 aromatic carbocycles. The first kappa shape index (κ1) is 17.0. The average Bonchev–Trinajstić information content (AvgIpc) is 3.07. The van der Waals surface area contributed by atoms with Gasteiger partial charge in [-0.3, -0.25) is 9.59 Å². The zero-order valence-electron chi connectivity index (χ0n) is 15.0. The Balaban J connectivity index is 1.55. The predicted molar refractivity (Wildman–Crippen MR) is 104 cm³/mol. The van der Waals surface area contributed by atoms with E-state index in [1.165, 1.54) is 5.56 Å². The van der Waals surface area contributed by atoms with Gasteiger partial charge in [-0.15, -0.1) is 0 Å². The Morgan fingerprint density at radius 2 is 2.07 bits per heavy atom. The zero-order valence-corrected chi connectivity index (χ0v) is 15.0. The molecule has 1 unspecified atom stereocenters. The number of aromatic nitrogens is 2. The monoisotopic (exact) mass is 360 g/mol. The number of fused-ring (bicyclic) bond motifs is 1. The molecule has 6 nitrogen and oxygen atoms in total. The number of rotatable bonds is 4. The van der Waals surface area contributed by atoms with Gasteiger partial charge in [0, 0.05) is 18.2 Å². The molecule has 1 aliphatic heterocycles. The Morgan fingerprint density at radius 1 is 1.22 bits per heavy atom. The number of amides is 2. The number of nitrogens with zero attached hydrogens (tertiary/aromatic N) is 2. The number of hydrogen-bond acceptors (Lipinski definition) is 3. The molecule has 4 rings (SSSR count). The molecule has 27 heavy (non-hydrogen) atoms. The van der Waals surface area contributed by atoms with Crippen LogP contribution in [0.3, 0.4) is 0 Å². The van der Waals surface area contributed by atoms with Gasteiger partial charge in [-0.2, -0.15) is 5.10 Å². The molecular formula is C21H20N4O2. The summed E-state index contributed by atoms with van der Waals surface area (Å²) in [5, 5.41) is 10.1. The van der Waals surface area contributed by atoms with Crippen LogP contribution in [-0.2, 0) is 16.1 Å². The fourth-order valence-corrected chi connectivity index (χ4v) is 3.41. The van der Waals surface area contributed by atoms with Crippen LogP contribution in [-0.4, -0.2) is 21.6 Å². The second kappa shape index (κ2) is 7.07. The number of nitrogens with one attached hydrogen (secondary N) is 2. The van der Waals surface area contributed by atoms with E-state index in [2.05, 4.69) is 21.8 Å². The Morgan fingerprint density at radius 3 is 2.93 bits per heavy atom. The number of hydrogen-bond donors (Lipinski definition) is 2. The first-order valence-electron chi connectivity index (χ1n) is 8.87. The minimum Gasteiger partial charge on any atom is -0.326 e. The lowest BCUT2D eigenvalue weighted by molar-refractivity contribution is -0.123. The van der Waals surface area contributed by atoms with Gasteiger partial charge >= 0.3 is 0 Å². The molecule has 1 aliphatic rings. The summed E-state index contributed by atoms with van der Waals surface area (Å²) in [6.07, 6.45) is 1.79. The smallest absolute Gasteiger partial charge is 0.233 e. The Hall–Kier alpha value is -3.41. The highest BCUT2D eigenvalue weighted by Crippen LogP contribution is 2.32. The first-order valence-corrected chi connectivity index (χ1v) is 8.87. The van der Waals surface area contributed by atoms with Crippen molar-refractivity contribution in [2.24, 2.45) is 0 Å². The van der Waals surface area contributed by atoms with Crippen molar-refractivity contribution in [3.63, 3.8) is 0 Å². The Kier molecular flexibility index (Phi) is 4.46. The standard InChI is InChI=1S/C21H20N4O2/c1-14-5-4-6-15(11-14)13-25-19(9-10-22-25)24-21(27)17-12-20(26)23-18-8-3-2-7-16(17)18/h2-11,17H,12-13H2,1H3,(H,23,26)(H,24,27). The lowest BCUT2D eigenvalue weighted by Gasteiger charge is -2.24. The van der Waals surface area contributed by atoms with Crippen LogP contribution in [0.4, 0.5) is 11.5 Å². The quantitative estimate of drug-likeness (QED) is 0.749. The molecule has 0 bridgehead atoms. The topological polar surface area (TPSA) is 76.0 Å². The largest absolute Gasteiger partial charge is 0.326 e. The zero-order chi connectivity index (χ0) is 18.8. The van der Waals surface area contributed by atoms with Crippen LogP contribution < -0.4 is 10.6 Å². The van der Waals surface area contributed by atoms with E-state index in [9.17, 15) is 9.59 Å². The van der Waals surface area contributed by atoms with Crippen LogP contribution in [0.15, 0.2) is 60.8 Å². The fraction of sp³-hybridized carbons (Fsp3) is 0.190. The minimum atomic E-state index is -0.516. The SMILES string of the molecule is Cc1cccc(Cn2nccc2NC(=O)C2CC(=O)Nc3ccccc32)c1. The predicted octanol–water partition coefficient (Wildman–Crippen LogP) is 3.30.